The molecule has 0 unspecified atom stereocenters. The Hall–Kier alpha value is -0.770. The molecule has 0 aliphatic carbocycles. The Kier molecular flexibility index (Phi) is 4.49. The van der Waals surface area contributed by atoms with Gasteiger partial charge in [0.2, 0.25) is 0 Å². The second kappa shape index (κ2) is 5.91. The zero-order valence-electron chi connectivity index (χ0n) is 10.5. The molecule has 2 N–H and O–H groups in total. The first-order valence-electron chi connectivity index (χ1n) is 5.84. The van der Waals surface area contributed by atoms with Crippen molar-refractivity contribution in [3.8, 4) is 0 Å². The highest BCUT2D eigenvalue weighted by molar-refractivity contribution is 9.10. The van der Waals surface area contributed by atoms with E-state index in [-0.39, 0.29) is 0 Å². The van der Waals surface area contributed by atoms with E-state index in [9.17, 15) is 0 Å². The van der Waals surface area contributed by atoms with E-state index in [1.165, 1.54) is 26.5 Å². The zero-order valence-corrected chi connectivity index (χ0v) is 12.9. The summed E-state index contributed by atoms with van der Waals surface area (Å²) in [5, 5.41) is 0. The van der Waals surface area contributed by atoms with Crippen molar-refractivity contribution in [3.63, 3.8) is 0 Å². The Morgan fingerprint density at radius 1 is 1.11 bits per heavy atom. The van der Waals surface area contributed by atoms with Crippen molar-refractivity contribution in [2.75, 3.05) is 0 Å². The third-order valence-electron chi connectivity index (χ3n) is 2.83. The Morgan fingerprint density at radius 3 is 2.56 bits per heavy atom. The van der Waals surface area contributed by atoms with Crippen LogP contribution in [0.25, 0.3) is 0 Å². The summed E-state index contributed by atoms with van der Waals surface area (Å²) in [6, 6.07) is 12.7. The van der Waals surface area contributed by atoms with E-state index in [4.69, 9.17) is 5.73 Å². The number of halogens is 1. The summed E-state index contributed by atoms with van der Waals surface area (Å²) in [6.07, 6.45) is 0. The van der Waals surface area contributed by atoms with Gasteiger partial charge in [-0.05, 0) is 43.2 Å². The van der Waals surface area contributed by atoms with Gasteiger partial charge in [0.1, 0.15) is 0 Å². The maximum absolute atomic E-state index is 5.82. The highest BCUT2D eigenvalue weighted by atomic mass is 79.9. The fourth-order valence-electron chi connectivity index (χ4n) is 1.86. The Balaban J connectivity index is 2.37. The van der Waals surface area contributed by atoms with Crippen LogP contribution in [-0.4, -0.2) is 0 Å². The van der Waals surface area contributed by atoms with E-state index in [1.54, 1.807) is 11.8 Å². The number of nitrogens with two attached hydrogens (primary N) is 1. The van der Waals surface area contributed by atoms with Crippen LogP contribution < -0.4 is 5.73 Å². The predicted octanol–water partition coefficient (Wildman–Crippen LogP) is 4.68. The van der Waals surface area contributed by atoms with Crippen molar-refractivity contribution < 1.29 is 0 Å². The molecule has 18 heavy (non-hydrogen) atoms. The lowest BCUT2D eigenvalue weighted by molar-refractivity contribution is 1.02. The molecule has 0 saturated carbocycles. The number of rotatable bonds is 3. The van der Waals surface area contributed by atoms with Crippen LogP contribution in [0.3, 0.4) is 0 Å². The second-order valence-electron chi connectivity index (χ2n) is 4.29. The lowest BCUT2D eigenvalue weighted by Gasteiger charge is -2.11. The summed E-state index contributed by atoms with van der Waals surface area (Å²) < 4.78 is 1.08. The van der Waals surface area contributed by atoms with Gasteiger partial charge in [-0.15, -0.1) is 0 Å². The smallest absolute Gasteiger partial charge is 0.0231 e. The maximum atomic E-state index is 5.82. The molecule has 0 saturated heterocycles. The number of hydrogen-bond donors (Lipinski definition) is 1. The van der Waals surface area contributed by atoms with Crippen molar-refractivity contribution in [2.24, 2.45) is 5.73 Å². The lowest BCUT2D eigenvalue weighted by Crippen LogP contribution is -1.99. The number of hydrogen-bond acceptors (Lipinski definition) is 2. The minimum Gasteiger partial charge on any atom is -0.326 e. The molecule has 0 aliphatic rings. The number of benzene rings is 2. The van der Waals surface area contributed by atoms with Crippen LogP contribution in [0.5, 0.6) is 0 Å². The van der Waals surface area contributed by atoms with Crippen molar-refractivity contribution in [1.29, 1.82) is 0 Å². The molecule has 0 aromatic heterocycles. The van der Waals surface area contributed by atoms with E-state index in [0.717, 1.165) is 4.47 Å². The predicted molar refractivity (Wildman–Crippen MR) is 82.1 cm³/mol. The van der Waals surface area contributed by atoms with Gasteiger partial charge in [0, 0.05) is 20.8 Å². The van der Waals surface area contributed by atoms with Crippen LogP contribution in [0.4, 0.5) is 0 Å². The van der Waals surface area contributed by atoms with Crippen LogP contribution >= 0.6 is 27.7 Å². The SMILES string of the molecule is Cc1ccc(Sc2cccc(Br)c2CN)c(C)c1. The molecule has 2 aromatic rings. The molecule has 0 heterocycles. The van der Waals surface area contributed by atoms with E-state index in [1.807, 2.05) is 6.07 Å². The monoisotopic (exact) mass is 321 g/mol. The standard InChI is InChI=1S/C15H16BrNS/c1-10-6-7-14(11(2)8-10)18-15-5-3-4-13(16)12(15)9-17/h3-8H,9,17H2,1-2H3. The summed E-state index contributed by atoms with van der Waals surface area (Å²) in [5.41, 5.74) is 9.60. The first kappa shape index (κ1) is 13.7. The molecule has 0 bridgehead atoms. The Labute approximate surface area is 121 Å². The minimum absolute atomic E-state index is 0.550. The summed E-state index contributed by atoms with van der Waals surface area (Å²) in [6.45, 7) is 4.82. The fourth-order valence-corrected chi connectivity index (χ4v) is 3.58. The summed E-state index contributed by atoms with van der Waals surface area (Å²) in [7, 11) is 0. The Bertz CT molecular complexity index is 566. The third-order valence-corrected chi connectivity index (χ3v) is 4.85. The molecule has 94 valence electrons. The van der Waals surface area contributed by atoms with Crippen molar-refractivity contribution in [3.05, 3.63) is 57.6 Å². The molecular formula is C15H16BrNS. The van der Waals surface area contributed by atoms with Gasteiger partial charge in [-0.2, -0.15) is 0 Å². The summed E-state index contributed by atoms with van der Waals surface area (Å²) >= 11 is 5.34. The molecule has 0 amide bonds. The molecule has 0 fully saturated rings. The van der Waals surface area contributed by atoms with Crippen molar-refractivity contribution in [1.82, 2.24) is 0 Å². The molecule has 1 nitrogen and oxygen atoms in total. The Morgan fingerprint density at radius 2 is 1.89 bits per heavy atom. The van der Waals surface area contributed by atoms with Crippen LogP contribution in [0.15, 0.2) is 50.7 Å². The molecule has 2 aromatic carbocycles. The van der Waals surface area contributed by atoms with Gasteiger partial charge >= 0.3 is 0 Å². The molecule has 0 radical (unpaired) electrons. The van der Waals surface area contributed by atoms with E-state index >= 15 is 0 Å². The molecule has 0 aliphatic heterocycles. The summed E-state index contributed by atoms with van der Waals surface area (Å²) in [4.78, 5) is 2.51. The topological polar surface area (TPSA) is 26.0 Å². The second-order valence-corrected chi connectivity index (χ2v) is 6.23. The van der Waals surface area contributed by atoms with Gasteiger partial charge in [-0.3, -0.25) is 0 Å². The van der Waals surface area contributed by atoms with Crippen molar-refractivity contribution >= 4 is 27.7 Å². The largest absolute Gasteiger partial charge is 0.326 e. The highest BCUT2D eigenvalue weighted by Crippen LogP contribution is 2.35. The van der Waals surface area contributed by atoms with Crippen LogP contribution in [0, 0.1) is 13.8 Å². The highest BCUT2D eigenvalue weighted by Gasteiger charge is 2.08. The normalized spacial score (nSPS) is 10.7. The van der Waals surface area contributed by atoms with E-state index < -0.39 is 0 Å². The van der Waals surface area contributed by atoms with Gasteiger partial charge < -0.3 is 5.73 Å². The average Bonchev–Trinajstić information content (AvgIpc) is 2.33. The quantitative estimate of drug-likeness (QED) is 0.888. The third kappa shape index (κ3) is 2.97. The van der Waals surface area contributed by atoms with Crippen molar-refractivity contribution in [2.45, 2.75) is 30.2 Å². The molecule has 2 rings (SSSR count). The van der Waals surface area contributed by atoms with Crippen LogP contribution in [0.1, 0.15) is 16.7 Å². The maximum Gasteiger partial charge on any atom is 0.0231 e. The summed E-state index contributed by atoms with van der Waals surface area (Å²) in [5.74, 6) is 0. The molecular weight excluding hydrogens is 306 g/mol. The van der Waals surface area contributed by atoms with E-state index in [2.05, 4.69) is 60.1 Å². The van der Waals surface area contributed by atoms with Crippen LogP contribution in [-0.2, 0) is 6.54 Å². The fraction of sp³-hybridized carbons (Fsp3) is 0.200. The zero-order chi connectivity index (χ0) is 13.1. The first-order valence-corrected chi connectivity index (χ1v) is 7.45. The molecule has 0 atom stereocenters. The van der Waals surface area contributed by atoms with Gasteiger partial charge in [0.15, 0.2) is 0 Å². The average molecular weight is 322 g/mol. The van der Waals surface area contributed by atoms with Gasteiger partial charge in [0.25, 0.3) is 0 Å². The molecule has 3 heteroatoms. The molecule has 0 spiro atoms. The van der Waals surface area contributed by atoms with Gasteiger partial charge in [-0.1, -0.05) is 51.5 Å². The lowest BCUT2D eigenvalue weighted by atomic mass is 10.2. The number of aryl methyl sites for hydroxylation is 2. The van der Waals surface area contributed by atoms with Crippen LogP contribution in [0.2, 0.25) is 0 Å². The minimum atomic E-state index is 0.550. The van der Waals surface area contributed by atoms with Gasteiger partial charge in [-0.25, -0.2) is 0 Å². The van der Waals surface area contributed by atoms with E-state index in [0.29, 0.717) is 6.54 Å². The first-order chi connectivity index (χ1) is 8.61. The van der Waals surface area contributed by atoms with Gasteiger partial charge in [0.05, 0.1) is 0 Å².